The number of ether oxygens (including phenoxy) is 1. The topological polar surface area (TPSA) is 46.5 Å². The monoisotopic (exact) mass is 547 g/mol. The average Bonchev–Trinajstić information content (AvgIpc) is 3.55. The Morgan fingerprint density at radius 2 is 1.64 bits per heavy atom. The van der Waals surface area contributed by atoms with Crippen LogP contribution >= 0.6 is 22.7 Å². The molecule has 0 aliphatic carbocycles. The summed E-state index contributed by atoms with van der Waals surface area (Å²) in [5.41, 5.74) is -0.371. The first kappa shape index (κ1) is 24.6. The predicted octanol–water partition coefficient (Wildman–Crippen LogP) is 2.18. The Morgan fingerprint density at radius 3 is 2.21 bits per heavy atom. The maximum absolute atomic E-state index is 13.6. The van der Waals surface area contributed by atoms with E-state index in [0.29, 0.717) is 15.7 Å². The molecule has 0 radical (unpaired) electrons. The Labute approximate surface area is 214 Å². The highest BCUT2D eigenvalue weighted by molar-refractivity contribution is 7.12. The zero-order valence-corrected chi connectivity index (χ0v) is 21.8. The predicted molar refractivity (Wildman–Crippen MR) is 128 cm³/mol. The van der Waals surface area contributed by atoms with Gasteiger partial charge in [0.1, 0.15) is 0 Å². The summed E-state index contributed by atoms with van der Waals surface area (Å²) in [6, 6.07) is 18.0. The number of piperidine rings is 3. The minimum Gasteiger partial charge on any atom is -1.00 e. The molecule has 3 saturated heterocycles. The van der Waals surface area contributed by atoms with Gasteiger partial charge in [-0.3, -0.25) is 4.48 Å². The van der Waals surface area contributed by atoms with Gasteiger partial charge >= 0.3 is 5.97 Å². The van der Waals surface area contributed by atoms with Gasteiger partial charge in [-0.15, -0.1) is 22.7 Å². The molecule has 7 heteroatoms. The molecule has 3 fully saturated rings. The third-order valence-electron chi connectivity index (χ3n) is 7.32. The average molecular weight is 549 g/mol. The number of aryl methyl sites for hydroxylation is 1. The molecule has 1 N–H and O–H groups in total. The van der Waals surface area contributed by atoms with Gasteiger partial charge in [0.25, 0.3) is 0 Å². The summed E-state index contributed by atoms with van der Waals surface area (Å²) < 4.78 is 7.09. The number of carbonyl (C=O) groups excluding carboxylic acids is 1. The second-order valence-electron chi connectivity index (χ2n) is 9.18. The smallest absolute Gasteiger partial charge is 0.353 e. The van der Waals surface area contributed by atoms with Crippen molar-refractivity contribution in [3.63, 3.8) is 0 Å². The molecule has 1 atom stereocenters. The molecule has 6 rings (SSSR count). The van der Waals surface area contributed by atoms with Gasteiger partial charge in [-0.25, -0.2) is 4.79 Å². The van der Waals surface area contributed by atoms with E-state index in [1.54, 1.807) is 0 Å². The lowest BCUT2D eigenvalue weighted by Crippen LogP contribution is -3.00. The van der Waals surface area contributed by atoms with Gasteiger partial charge in [0.15, 0.2) is 0 Å². The van der Waals surface area contributed by atoms with E-state index in [1.807, 2.05) is 35.0 Å². The Balaban J connectivity index is 0.00000259. The largest absolute Gasteiger partial charge is 1.00 e. The zero-order valence-electron chi connectivity index (χ0n) is 18.6. The number of carbonyl (C=O) groups is 1. The number of hydrogen-bond donors (Lipinski definition) is 1. The van der Waals surface area contributed by atoms with Crippen molar-refractivity contribution in [2.45, 2.75) is 43.9 Å². The van der Waals surface area contributed by atoms with Crippen molar-refractivity contribution < 1.29 is 36.1 Å². The second kappa shape index (κ2) is 10.4. The minimum atomic E-state index is -1.73. The van der Waals surface area contributed by atoms with E-state index < -0.39 is 11.6 Å². The molecule has 1 aromatic carbocycles. The van der Waals surface area contributed by atoms with E-state index in [9.17, 15) is 9.90 Å². The summed E-state index contributed by atoms with van der Waals surface area (Å²) in [7, 11) is 0. The molecule has 5 heterocycles. The van der Waals surface area contributed by atoms with Crippen LogP contribution in [0.25, 0.3) is 0 Å². The molecule has 3 aliphatic rings. The van der Waals surface area contributed by atoms with Crippen molar-refractivity contribution in [1.82, 2.24) is 0 Å². The molecule has 2 bridgehead atoms. The number of nitrogens with zero attached hydrogens (tertiary/aromatic N) is 1. The van der Waals surface area contributed by atoms with Gasteiger partial charge in [0, 0.05) is 25.7 Å². The van der Waals surface area contributed by atoms with Gasteiger partial charge in [-0.1, -0.05) is 42.5 Å². The summed E-state index contributed by atoms with van der Waals surface area (Å²) in [6.45, 7) is 3.14. The Morgan fingerprint density at radius 1 is 1.00 bits per heavy atom. The van der Waals surface area contributed by atoms with E-state index in [2.05, 4.69) is 30.3 Å². The van der Waals surface area contributed by atoms with Crippen molar-refractivity contribution in [1.29, 1.82) is 0 Å². The first-order chi connectivity index (χ1) is 15.6. The molecular formula is C26H30BrNO3S2. The number of thiophene rings is 2. The van der Waals surface area contributed by atoms with Gasteiger partial charge in [-0.05, 0) is 40.8 Å². The van der Waals surface area contributed by atoms with Gasteiger partial charge in [0.05, 0.1) is 29.4 Å². The number of fused-ring (bicyclic) bond motifs is 3. The number of hydrogen-bond acceptors (Lipinski definition) is 5. The first-order valence-electron chi connectivity index (χ1n) is 11.5. The summed E-state index contributed by atoms with van der Waals surface area (Å²) in [6.07, 6.45) is 5.26. The summed E-state index contributed by atoms with van der Waals surface area (Å²) >= 11 is 2.79. The van der Waals surface area contributed by atoms with Crippen LogP contribution in [0.2, 0.25) is 0 Å². The van der Waals surface area contributed by atoms with Crippen LogP contribution in [0.3, 0.4) is 0 Å². The standard InChI is InChI=1S/C26H30NO3S2.BrH/c28-25(26(29,22-10-5-17-31-22)23-11-6-18-32-23)30-24-19-21-12-15-27(24,16-13-21)14-4-9-20-7-2-1-3-8-20;/h1-3,5-8,10-11,17-18,21,24,29H,4,9,12-16,19H2;1H/q+1;/p-1/t21?,24-,27?;/m1./s1. The molecule has 4 nitrogen and oxygen atoms in total. The van der Waals surface area contributed by atoms with Crippen molar-refractivity contribution in [2.75, 3.05) is 19.6 Å². The maximum Gasteiger partial charge on any atom is 0.353 e. The third kappa shape index (κ3) is 4.84. The van der Waals surface area contributed by atoms with Crippen LogP contribution < -0.4 is 17.0 Å². The Kier molecular flexibility index (Phi) is 7.76. The molecule has 0 amide bonds. The lowest BCUT2D eigenvalue weighted by molar-refractivity contribution is -0.984. The van der Waals surface area contributed by atoms with Gasteiger partial charge in [0.2, 0.25) is 11.8 Å². The number of esters is 1. The molecule has 33 heavy (non-hydrogen) atoms. The fourth-order valence-corrected chi connectivity index (χ4v) is 7.15. The van der Waals surface area contributed by atoms with Crippen LogP contribution in [-0.2, 0) is 21.6 Å². The van der Waals surface area contributed by atoms with Gasteiger partial charge < -0.3 is 26.8 Å². The third-order valence-corrected chi connectivity index (χ3v) is 9.27. The zero-order chi connectivity index (χ0) is 22.0. The number of aliphatic hydroxyl groups is 1. The fraction of sp³-hybridized carbons (Fsp3) is 0.423. The van der Waals surface area contributed by atoms with Crippen LogP contribution in [0, 0.1) is 5.92 Å². The van der Waals surface area contributed by atoms with E-state index in [0.717, 1.165) is 43.4 Å². The Hall–Kier alpha value is -1.51. The number of halogens is 1. The van der Waals surface area contributed by atoms with Crippen molar-refractivity contribution in [3.05, 3.63) is 80.7 Å². The van der Waals surface area contributed by atoms with Crippen LogP contribution in [0.4, 0.5) is 0 Å². The van der Waals surface area contributed by atoms with Gasteiger partial charge in [-0.2, -0.15) is 0 Å². The Bertz CT molecular complexity index is 981. The number of rotatable bonds is 8. The normalized spacial score (nSPS) is 24.3. The highest BCUT2D eigenvalue weighted by Crippen LogP contribution is 2.42. The molecular weight excluding hydrogens is 518 g/mol. The molecule has 0 spiro atoms. The highest BCUT2D eigenvalue weighted by atomic mass is 79.9. The minimum absolute atomic E-state index is 0. The number of quaternary nitrogens is 1. The summed E-state index contributed by atoms with van der Waals surface area (Å²) in [4.78, 5) is 14.8. The molecule has 176 valence electrons. The van der Waals surface area contributed by atoms with Crippen LogP contribution in [0.5, 0.6) is 0 Å². The summed E-state index contributed by atoms with van der Waals surface area (Å²) in [5, 5.41) is 15.4. The van der Waals surface area contributed by atoms with Crippen molar-refractivity contribution in [3.8, 4) is 0 Å². The molecule has 3 aromatic rings. The SMILES string of the molecule is O=C(O[C@@H]1CC2CC[N+]1(CCCc1ccccc1)CC2)C(O)(c1cccs1)c1cccs1.[Br-]. The lowest BCUT2D eigenvalue weighted by Gasteiger charge is -2.53. The molecule has 0 saturated carbocycles. The van der Waals surface area contributed by atoms with E-state index in [-0.39, 0.29) is 23.2 Å². The molecule has 2 aromatic heterocycles. The first-order valence-corrected chi connectivity index (χ1v) is 13.3. The number of benzene rings is 1. The van der Waals surface area contributed by atoms with Crippen LogP contribution in [0.1, 0.15) is 41.0 Å². The van der Waals surface area contributed by atoms with E-state index in [1.165, 1.54) is 41.1 Å². The van der Waals surface area contributed by atoms with Crippen molar-refractivity contribution in [2.24, 2.45) is 5.92 Å². The van der Waals surface area contributed by atoms with E-state index >= 15 is 0 Å². The quantitative estimate of drug-likeness (QED) is 0.347. The van der Waals surface area contributed by atoms with E-state index in [4.69, 9.17) is 4.74 Å². The fourth-order valence-electron chi connectivity index (χ4n) is 5.44. The summed E-state index contributed by atoms with van der Waals surface area (Å²) in [5.74, 6) is 0.0963. The van der Waals surface area contributed by atoms with Crippen LogP contribution in [0.15, 0.2) is 65.4 Å². The molecule has 0 unspecified atom stereocenters. The second-order valence-corrected chi connectivity index (χ2v) is 11.1. The van der Waals surface area contributed by atoms with Crippen LogP contribution in [-0.4, -0.2) is 41.4 Å². The van der Waals surface area contributed by atoms with Crippen molar-refractivity contribution >= 4 is 28.6 Å². The molecule has 3 aliphatic heterocycles. The highest BCUT2D eigenvalue weighted by Gasteiger charge is 2.52. The lowest BCUT2D eigenvalue weighted by atomic mass is 9.84. The maximum atomic E-state index is 13.6.